The highest BCUT2D eigenvalue weighted by molar-refractivity contribution is 6.35. The first-order chi connectivity index (χ1) is 10.6. The molecule has 2 rings (SSSR count). The van der Waals surface area contributed by atoms with Crippen molar-refractivity contribution >= 4 is 23.2 Å². The molecule has 0 aromatic heterocycles. The van der Waals surface area contributed by atoms with Crippen LogP contribution in [0.5, 0.6) is 0 Å². The average Bonchev–Trinajstić information content (AvgIpc) is 2.48. The second-order valence-electron chi connectivity index (χ2n) is 5.80. The second kappa shape index (κ2) is 9.06. The maximum absolute atomic E-state index is 9.76. The van der Waals surface area contributed by atoms with E-state index in [2.05, 4.69) is 10.2 Å². The predicted molar refractivity (Wildman–Crippen MR) is 90.6 cm³/mol. The number of ether oxygens (including phenoxy) is 1. The van der Waals surface area contributed by atoms with Gasteiger partial charge >= 0.3 is 0 Å². The van der Waals surface area contributed by atoms with E-state index in [1.54, 1.807) is 13.2 Å². The molecule has 0 aliphatic carbocycles. The van der Waals surface area contributed by atoms with Crippen molar-refractivity contribution in [1.82, 2.24) is 10.2 Å². The predicted octanol–water partition coefficient (Wildman–Crippen LogP) is 2.55. The van der Waals surface area contributed by atoms with Crippen molar-refractivity contribution in [3.63, 3.8) is 0 Å². The molecular weight excluding hydrogens is 323 g/mol. The fourth-order valence-electron chi connectivity index (χ4n) is 2.78. The third-order valence-corrected chi connectivity index (χ3v) is 4.60. The summed E-state index contributed by atoms with van der Waals surface area (Å²) >= 11 is 12.1. The topological polar surface area (TPSA) is 44.7 Å². The van der Waals surface area contributed by atoms with Crippen LogP contribution in [0, 0.1) is 0 Å². The van der Waals surface area contributed by atoms with Crippen LogP contribution in [0.25, 0.3) is 0 Å². The van der Waals surface area contributed by atoms with Gasteiger partial charge in [-0.2, -0.15) is 0 Å². The first-order valence-electron chi connectivity index (χ1n) is 7.65. The Labute approximate surface area is 142 Å². The van der Waals surface area contributed by atoms with Gasteiger partial charge in [0, 0.05) is 36.3 Å². The lowest BCUT2D eigenvalue weighted by molar-refractivity contribution is 0.0310. The number of piperidine rings is 1. The molecular formula is C16H24Cl2N2O2. The molecule has 1 atom stereocenters. The third kappa shape index (κ3) is 5.69. The van der Waals surface area contributed by atoms with Gasteiger partial charge in [0.05, 0.1) is 12.7 Å². The van der Waals surface area contributed by atoms with E-state index in [-0.39, 0.29) is 0 Å². The first kappa shape index (κ1) is 18.0. The van der Waals surface area contributed by atoms with Crippen LogP contribution in [0.4, 0.5) is 0 Å². The lowest BCUT2D eigenvalue weighted by Gasteiger charge is -2.33. The summed E-state index contributed by atoms with van der Waals surface area (Å²) in [5.41, 5.74) is 1.07. The molecule has 0 radical (unpaired) electrons. The smallest absolute Gasteiger partial charge is 0.0900 e. The minimum atomic E-state index is -0.401. The van der Waals surface area contributed by atoms with Gasteiger partial charge in [0.1, 0.15) is 0 Å². The third-order valence-electron chi connectivity index (χ3n) is 4.01. The van der Waals surface area contributed by atoms with Gasteiger partial charge in [-0.15, -0.1) is 0 Å². The Kier molecular flexibility index (Phi) is 7.41. The van der Waals surface area contributed by atoms with Crippen LogP contribution < -0.4 is 5.32 Å². The van der Waals surface area contributed by atoms with Crippen LogP contribution in [0.1, 0.15) is 18.4 Å². The Morgan fingerprint density at radius 2 is 2.09 bits per heavy atom. The van der Waals surface area contributed by atoms with Gasteiger partial charge in [-0.3, -0.25) is 0 Å². The van der Waals surface area contributed by atoms with Gasteiger partial charge in [0.15, 0.2) is 0 Å². The van der Waals surface area contributed by atoms with Gasteiger partial charge in [0.25, 0.3) is 0 Å². The fraction of sp³-hybridized carbons (Fsp3) is 0.625. The van der Waals surface area contributed by atoms with Gasteiger partial charge in [0.2, 0.25) is 0 Å². The Hall–Kier alpha value is -0.360. The van der Waals surface area contributed by atoms with E-state index in [4.69, 9.17) is 27.9 Å². The summed E-state index contributed by atoms with van der Waals surface area (Å²) < 4.78 is 4.96. The number of likely N-dealkylation sites (tertiary alicyclic amines) is 1. The zero-order valence-corrected chi connectivity index (χ0v) is 14.4. The molecule has 4 nitrogen and oxygen atoms in total. The van der Waals surface area contributed by atoms with Crippen LogP contribution in [-0.2, 0) is 11.3 Å². The van der Waals surface area contributed by atoms with Crippen molar-refractivity contribution < 1.29 is 9.84 Å². The highest BCUT2D eigenvalue weighted by Gasteiger charge is 2.20. The number of nitrogens with one attached hydrogen (secondary N) is 1. The zero-order chi connectivity index (χ0) is 15.9. The van der Waals surface area contributed by atoms with Crippen molar-refractivity contribution in [1.29, 1.82) is 0 Å². The minimum Gasteiger partial charge on any atom is -0.389 e. The second-order valence-corrected chi connectivity index (χ2v) is 6.64. The maximum Gasteiger partial charge on any atom is 0.0900 e. The highest BCUT2D eigenvalue weighted by atomic mass is 35.5. The Bertz CT molecular complexity index is 465. The Morgan fingerprint density at radius 1 is 1.36 bits per heavy atom. The summed E-state index contributed by atoms with van der Waals surface area (Å²) in [5.74, 6) is 0. The number of benzene rings is 1. The van der Waals surface area contributed by atoms with Crippen molar-refractivity contribution in [2.75, 3.05) is 33.4 Å². The van der Waals surface area contributed by atoms with Gasteiger partial charge in [-0.05, 0) is 43.6 Å². The molecule has 1 aromatic rings. The number of methoxy groups -OCH3 is 1. The molecule has 1 heterocycles. The van der Waals surface area contributed by atoms with Crippen molar-refractivity contribution in [3.8, 4) is 0 Å². The van der Waals surface area contributed by atoms with Gasteiger partial charge in [-0.1, -0.05) is 29.3 Å². The fourth-order valence-corrected chi connectivity index (χ4v) is 3.26. The van der Waals surface area contributed by atoms with Gasteiger partial charge < -0.3 is 20.1 Å². The van der Waals surface area contributed by atoms with Crippen LogP contribution in [0.3, 0.4) is 0 Å². The molecule has 22 heavy (non-hydrogen) atoms. The summed E-state index contributed by atoms with van der Waals surface area (Å²) in [5, 5.41) is 14.7. The monoisotopic (exact) mass is 346 g/mol. The molecule has 0 spiro atoms. The van der Waals surface area contributed by atoms with Crippen molar-refractivity contribution in [2.45, 2.75) is 31.5 Å². The number of aliphatic hydroxyl groups is 1. The van der Waals surface area contributed by atoms with E-state index in [1.807, 2.05) is 12.1 Å². The standard InChI is InChI=1S/C16H24Cl2N2O2/c1-22-11-15(21)10-20-6-4-14(5-7-20)19-9-12-2-3-13(17)8-16(12)18/h2-3,8,14-15,19,21H,4-7,9-11H2,1H3. The quantitative estimate of drug-likeness (QED) is 0.796. The normalized spacial score (nSPS) is 18.5. The average molecular weight is 347 g/mol. The van der Waals surface area contributed by atoms with E-state index < -0.39 is 6.10 Å². The Morgan fingerprint density at radius 3 is 2.73 bits per heavy atom. The molecule has 1 aromatic carbocycles. The molecule has 2 N–H and O–H groups in total. The van der Waals surface area contributed by atoms with Crippen LogP contribution in [0.2, 0.25) is 10.0 Å². The molecule has 0 amide bonds. The SMILES string of the molecule is COCC(O)CN1CCC(NCc2ccc(Cl)cc2Cl)CC1. The molecule has 0 bridgehead atoms. The minimum absolute atomic E-state index is 0.396. The molecule has 1 fully saturated rings. The summed E-state index contributed by atoms with van der Waals surface area (Å²) in [7, 11) is 1.61. The van der Waals surface area contributed by atoms with E-state index in [0.29, 0.717) is 29.2 Å². The van der Waals surface area contributed by atoms with Crippen LogP contribution >= 0.6 is 23.2 Å². The van der Waals surface area contributed by atoms with E-state index >= 15 is 0 Å². The molecule has 1 saturated heterocycles. The van der Waals surface area contributed by atoms with E-state index in [9.17, 15) is 5.11 Å². The number of hydrogen-bond donors (Lipinski definition) is 2. The van der Waals surface area contributed by atoms with Gasteiger partial charge in [-0.25, -0.2) is 0 Å². The Balaban J connectivity index is 1.71. The lowest BCUT2D eigenvalue weighted by atomic mass is 10.0. The number of nitrogens with zero attached hydrogens (tertiary/aromatic N) is 1. The molecule has 6 heteroatoms. The number of aliphatic hydroxyl groups excluding tert-OH is 1. The largest absolute Gasteiger partial charge is 0.389 e. The van der Waals surface area contributed by atoms with Crippen LogP contribution in [0.15, 0.2) is 18.2 Å². The molecule has 1 aliphatic heterocycles. The van der Waals surface area contributed by atoms with Crippen molar-refractivity contribution in [3.05, 3.63) is 33.8 Å². The summed E-state index contributed by atoms with van der Waals surface area (Å²) in [6, 6.07) is 6.10. The number of hydrogen-bond acceptors (Lipinski definition) is 4. The zero-order valence-electron chi connectivity index (χ0n) is 12.9. The summed E-state index contributed by atoms with van der Waals surface area (Å²) in [6.07, 6.45) is 1.75. The van der Waals surface area contributed by atoms with Crippen molar-refractivity contribution in [2.24, 2.45) is 0 Å². The number of rotatable bonds is 7. The molecule has 124 valence electrons. The highest BCUT2D eigenvalue weighted by Crippen LogP contribution is 2.21. The molecule has 1 aliphatic rings. The summed E-state index contributed by atoms with van der Waals surface area (Å²) in [6.45, 7) is 3.82. The van der Waals surface area contributed by atoms with E-state index in [0.717, 1.165) is 38.0 Å². The molecule has 0 saturated carbocycles. The summed E-state index contributed by atoms with van der Waals surface area (Å²) in [4.78, 5) is 2.29. The first-order valence-corrected chi connectivity index (χ1v) is 8.40. The lowest BCUT2D eigenvalue weighted by Crippen LogP contribution is -2.45. The maximum atomic E-state index is 9.76. The molecule has 1 unspecified atom stereocenters. The number of halogens is 2. The van der Waals surface area contributed by atoms with Crippen LogP contribution in [-0.4, -0.2) is 55.5 Å². The van der Waals surface area contributed by atoms with E-state index in [1.165, 1.54) is 0 Å². The number of β-amino-alcohol motifs (C(OH)–C–C–N with tert-alkyl or cyclic N) is 1.